The summed E-state index contributed by atoms with van der Waals surface area (Å²) < 4.78 is 26.9. The molecule has 0 bridgehead atoms. The first-order valence-electron chi connectivity index (χ1n) is 10.1. The largest absolute Gasteiger partial charge is 0.302 e. The zero-order chi connectivity index (χ0) is 17.3. The minimum atomic E-state index is -2.43. The lowest BCUT2D eigenvalue weighted by molar-refractivity contribution is 0.00299. The maximum Gasteiger partial charge on any atom is 0.248 e. The van der Waals surface area contributed by atoms with E-state index in [4.69, 9.17) is 4.98 Å². The quantitative estimate of drug-likeness (QED) is 0.870. The van der Waals surface area contributed by atoms with Crippen molar-refractivity contribution in [3.8, 4) is 0 Å². The van der Waals surface area contributed by atoms with Gasteiger partial charge in [-0.15, -0.1) is 0 Å². The Morgan fingerprint density at radius 1 is 1.04 bits per heavy atom. The average molecular weight is 352 g/mol. The number of H-pyrrole nitrogens is 1. The molecule has 2 aliphatic carbocycles. The van der Waals surface area contributed by atoms with E-state index in [-0.39, 0.29) is 18.8 Å². The van der Waals surface area contributed by atoms with E-state index >= 15 is 0 Å². The molecule has 2 saturated carbocycles. The van der Waals surface area contributed by atoms with Crippen molar-refractivity contribution in [3.05, 3.63) is 11.6 Å². The fourth-order valence-electron chi connectivity index (χ4n) is 5.02. The van der Waals surface area contributed by atoms with Crippen LogP contribution in [-0.2, 0) is 0 Å². The molecule has 1 aromatic heterocycles. The summed E-state index contributed by atoms with van der Waals surface area (Å²) in [6, 6.07) is 0. The third-order valence-corrected chi connectivity index (χ3v) is 6.40. The van der Waals surface area contributed by atoms with Crippen LogP contribution in [0.5, 0.6) is 0 Å². The molecule has 4 rings (SSSR count). The number of halogens is 2. The molecular weight excluding hydrogens is 322 g/mol. The number of aromatic nitrogens is 3. The Kier molecular flexibility index (Phi) is 5.07. The Balaban J connectivity index is 1.34. The molecule has 1 aromatic rings. The molecule has 140 valence electrons. The molecule has 2 atom stereocenters. The van der Waals surface area contributed by atoms with Crippen LogP contribution in [-0.4, -0.2) is 45.6 Å². The van der Waals surface area contributed by atoms with Gasteiger partial charge in [0.1, 0.15) is 5.82 Å². The molecule has 6 heteroatoms. The van der Waals surface area contributed by atoms with Gasteiger partial charge in [0.05, 0.1) is 0 Å². The van der Waals surface area contributed by atoms with Crippen LogP contribution in [0.4, 0.5) is 8.78 Å². The normalized spacial score (nSPS) is 31.4. The SMILES string of the molecule is FC1(F)CC[C@@H](CN2CCC[C@@H](c3n[nH]c(C4CCCCC4)n3)C2)C1. The molecule has 2 heterocycles. The summed E-state index contributed by atoms with van der Waals surface area (Å²) in [6.07, 6.45) is 9.41. The molecule has 3 aliphatic rings. The average Bonchev–Trinajstić information content (AvgIpc) is 3.23. The number of aromatic amines is 1. The van der Waals surface area contributed by atoms with Gasteiger partial charge in [0.25, 0.3) is 0 Å². The third-order valence-electron chi connectivity index (χ3n) is 6.40. The van der Waals surface area contributed by atoms with Crippen LogP contribution in [0.3, 0.4) is 0 Å². The first-order chi connectivity index (χ1) is 12.1. The molecule has 1 saturated heterocycles. The number of rotatable bonds is 4. The molecule has 4 nitrogen and oxygen atoms in total. The van der Waals surface area contributed by atoms with Crippen LogP contribution in [0.25, 0.3) is 0 Å². The lowest BCUT2D eigenvalue weighted by atomic mass is 9.89. The number of likely N-dealkylation sites (tertiary alicyclic amines) is 1. The monoisotopic (exact) mass is 352 g/mol. The number of hydrogen-bond acceptors (Lipinski definition) is 3. The molecule has 0 unspecified atom stereocenters. The molecule has 1 N–H and O–H groups in total. The van der Waals surface area contributed by atoms with Crippen molar-refractivity contribution in [3.63, 3.8) is 0 Å². The van der Waals surface area contributed by atoms with E-state index in [1.165, 1.54) is 32.1 Å². The van der Waals surface area contributed by atoms with Gasteiger partial charge < -0.3 is 4.90 Å². The fraction of sp³-hybridized carbons (Fsp3) is 0.895. The highest BCUT2D eigenvalue weighted by Crippen LogP contribution is 2.40. The van der Waals surface area contributed by atoms with Crippen LogP contribution >= 0.6 is 0 Å². The maximum atomic E-state index is 13.4. The van der Waals surface area contributed by atoms with Gasteiger partial charge in [0, 0.05) is 37.8 Å². The molecule has 0 amide bonds. The van der Waals surface area contributed by atoms with Crippen LogP contribution in [0.2, 0.25) is 0 Å². The topological polar surface area (TPSA) is 44.8 Å². The lowest BCUT2D eigenvalue weighted by Gasteiger charge is -2.33. The summed E-state index contributed by atoms with van der Waals surface area (Å²) in [5.74, 6) is 0.640. The van der Waals surface area contributed by atoms with Crippen LogP contribution in [0, 0.1) is 5.92 Å². The summed E-state index contributed by atoms with van der Waals surface area (Å²) in [7, 11) is 0. The van der Waals surface area contributed by atoms with Crippen LogP contribution < -0.4 is 0 Å². The predicted octanol–water partition coefficient (Wildman–Crippen LogP) is 4.47. The maximum absolute atomic E-state index is 13.4. The third kappa shape index (κ3) is 4.21. The molecule has 0 spiro atoms. The first kappa shape index (κ1) is 17.4. The van der Waals surface area contributed by atoms with Gasteiger partial charge in [0.15, 0.2) is 5.82 Å². The highest BCUT2D eigenvalue weighted by molar-refractivity contribution is 5.05. The predicted molar refractivity (Wildman–Crippen MR) is 92.9 cm³/mol. The summed E-state index contributed by atoms with van der Waals surface area (Å²) in [5, 5.41) is 7.71. The number of piperidine rings is 1. The van der Waals surface area contributed by atoms with Crippen molar-refractivity contribution in [2.24, 2.45) is 5.92 Å². The van der Waals surface area contributed by atoms with Crippen molar-refractivity contribution < 1.29 is 8.78 Å². The Morgan fingerprint density at radius 3 is 2.60 bits per heavy atom. The lowest BCUT2D eigenvalue weighted by Crippen LogP contribution is -2.37. The van der Waals surface area contributed by atoms with Crippen molar-refractivity contribution in [1.29, 1.82) is 0 Å². The molecule has 3 fully saturated rings. The van der Waals surface area contributed by atoms with E-state index in [1.807, 2.05) is 0 Å². The number of nitrogens with one attached hydrogen (secondary N) is 1. The standard InChI is InChI=1S/C19H30F2N4/c20-19(21)9-8-14(11-19)12-25-10-4-7-16(13-25)18-22-17(23-24-18)15-5-2-1-3-6-15/h14-16H,1-13H2,(H,22,23,24)/t14-,16-/m1/s1. The van der Waals surface area contributed by atoms with Gasteiger partial charge in [0.2, 0.25) is 5.92 Å². The molecule has 25 heavy (non-hydrogen) atoms. The second kappa shape index (κ2) is 7.29. The van der Waals surface area contributed by atoms with Crippen LogP contribution in [0.1, 0.15) is 87.7 Å². The Labute approximate surface area is 148 Å². The van der Waals surface area contributed by atoms with E-state index < -0.39 is 5.92 Å². The van der Waals surface area contributed by atoms with E-state index in [9.17, 15) is 8.78 Å². The zero-order valence-corrected chi connectivity index (χ0v) is 15.0. The minimum Gasteiger partial charge on any atom is -0.302 e. The van der Waals surface area contributed by atoms with Gasteiger partial charge in [-0.25, -0.2) is 13.8 Å². The van der Waals surface area contributed by atoms with Crippen molar-refractivity contribution in [2.75, 3.05) is 19.6 Å². The summed E-state index contributed by atoms with van der Waals surface area (Å²) in [4.78, 5) is 7.21. The van der Waals surface area contributed by atoms with E-state index in [1.54, 1.807) is 0 Å². The smallest absolute Gasteiger partial charge is 0.248 e. The van der Waals surface area contributed by atoms with E-state index in [0.29, 0.717) is 18.3 Å². The minimum absolute atomic E-state index is 0.0700. The summed E-state index contributed by atoms with van der Waals surface area (Å²) in [6.45, 7) is 2.76. The molecule has 0 aromatic carbocycles. The molecular formula is C19H30F2N4. The number of hydrogen-bond donors (Lipinski definition) is 1. The second-order valence-electron chi connectivity index (χ2n) is 8.48. The fourth-order valence-corrected chi connectivity index (χ4v) is 5.02. The Hall–Kier alpha value is -1.04. The first-order valence-corrected chi connectivity index (χ1v) is 10.1. The second-order valence-corrected chi connectivity index (χ2v) is 8.48. The van der Waals surface area contributed by atoms with Crippen molar-refractivity contribution in [2.45, 2.75) is 82.0 Å². The van der Waals surface area contributed by atoms with Gasteiger partial charge in [-0.1, -0.05) is 19.3 Å². The zero-order valence-electron chi connectivity index (χ0n) is 15.0. The van der Waals surface area contributed by atoms with E-state index in [0.717, 1.165) is 44.1 Å². The molecule has 1 aliphatic heterocycles. The van der Waals surface area contributed by atoms with Gasteiger partial charge >= 0.3 is 0 Å². The highest BCUT2D eigenvalue weighted by atomic mass is 19.3. The van der Waals surface area contributed by atoms with Gasteiger partial charge in [-0.05, 0) is 44.6 Å². The molecule has 0 radical (unpaired) electrons. The highest BCUT2D eigenvalue weighted by Gasteiger charge is 2.40. The Morgan fingerprint density at radius 2 is 1.84 bits per heavy atom. The summed E-state index contributed by atoms with van der Waals surface area (Å²) in [5.41, 5.74) is 0. The Bertz CT molecular complexity index is 568. The summed E-state index contributed by atoms with van der Waals surface area (Å²) >= 11 is 0. The van der Waals surface area contributed by atoms with Crippen molar-refractivity contribution in [1.82, 2.24) is 20.1 Å². The van der Waals surface area contributed by atoms with Crippen LogP contribution in [0.15, 0.2) is 0 Å². The van der Waals surface area contributed by atoms with Gasteiger partial charge in [-0.3, -0.25) is 5.10 Å². The number of alkyl halides is 2. The van der Waals surface area contributed by atoms with Crippen molar-refractivity contribution >= 4 is 0 Å². The number of nitrogens with zero attached hydrogens (tertiary/aromatic N) is 3. The van der Waals surface area contributed by atoms with E-state index in [2.05, 4.69) is 15.1 Å². The van der Waals surface area contributed by atoms with Gasteiger partial charge in [-0.2, -0.15) is 5.10 Å².